The number of piperazine rings is 1. The molecule has 1 aliphatic rings. The van der Waals surface area contributed by atoms with Crippen molar-refractivity contribution in [3.63, 3.8) is 0 Å². The zero-order chi connectivity index (χ0) is 26.5. The molecular weight excluding hydrogens is 475 g/mol. The summed E-state index contributed by atoms with van der Waals surface area (Å²) < 4.78 is 13.9. The first-order valence-corrected chi connectivity index (χ1v) is 13.3. The Hall–Kier alpha value is -4.06. The van der Waals surface area contributed by atoms with Crippen molar-refractivity contribution in [2.24, 2.45) is 0 Å². The second-order valence-corrected chi connectivity index (χ2v) is 9.75. The Balaban J connectivity index is 1.38. The van der Waals surface area contributed by atoms with E-state index in [0.717, 1.165) is 46.0 Å². The first-order chi connectivity index (χ1) is 18.5. The monoisotopic (exact) mass is 508 g/mol. The largest absolute Gasteiger partial charge is 0.353 e. The molecule has 6 heteroatoms. The summed E-state index contributed by atoms with van der Waals surface area (Å²) in [6.45, 7) is 6.58. The van der Waals surface area contributed by atoms with E-state index in [1.807, 2.05) is 78.6 Å². The molecule has 0 unspecified atom stereocenters. The topological polar surface area (TPSA) is 49.3 Å². The van der Waals surface area contributed by atoms with Gasteiger partial charge in [0.15, 0.2) is 0 Å². The van der Waals surface area contributed by atoms with Crippen LogP contribution in [0.2, 0.25) is 0 Å². The molecule has 4 aromatic rings. The van der Waals surface area contributed by atoms with Crippen molar-refractivity contribution >= 4 is 11.7 Å². The van der Waals surface area contributed by atoms with Crippen molar-refractivity contribution in [1.82, 2.24) is 14.9 Å². The standard InChI is InChI=1S/C32H33FN4O/c1-3-29-28(22-24-11-10-16-27(33)21-24)31(35-23(2)34-29)36-17-19-37(20-18-36)32(38)30(25-12-6-4-7-13-25)26-14-8-5-9-15-26/h4-16,21,30H,3,17-20,22H2,1-2H3. The van der Waals surface area contributed by atoms with E-state index in [-0.39, 0.29) is 17.6 Å². The molecule has 38 heavy (non-hydrogen) atoms. The number of aryl methyl sites for hydroxylation is 2. The van der Waals surface area contributed by atoms with Gasteiger partial charge < -0.3 is 9.80 Å². The Bertz CT molecular complexity index is 1350. The number of amides is 1. The highest BCUT2D eigenvalue weighted by atomic mass is 19.1. The van der Waals surface area contributed by atoms with Crippen molar-refractivity contribution in [1.29, 1.82) is 0 Å². The van der Waals surface area contributed by atoms with Crippen LogP contribution in [0.3, 0.4) is 0 Å². The fraction of sp³-hybridized carbons (Fsp3) is 0.281. The Morgan fingerprint density at radius 2 is 1.50 bits per heavy atom. The summed E-state index contributed by atoms with van der Waals surface area (Å²) in [5.74, 6) is 1.17. The molecule has 0 N–H and O–H groups in total. The second-order valence-electron chi connectivity index (χ2n) is 9.75. The van der Waals surface area contributed by atoms with Crippen molar-refractivity contribution in [2.75, 3.05) is 31.1 Å². The van der Waals surface area contributed by atoms with Gasteiger partial charge in [-0.25, -0.2) is 14.4 Å². The second kappa shape index (κ2) is 11.5. The normalized spacial score (nSPS) is 13.7. The highest BCUT2D eigenvalue weighted by Crippen LogP contribution is 2.29. The number of hydrogen-bond donors (Lipinski definition) is 0. The van der Waals surface area contributed by atoms with Gasteiger partial charge in [0.2, 0.25) is 5.91 Å². The molecule has 1 aromatic heterocycles. The molecule has 0 saturated carbocycles. The van der Waals surface area contributed by atoms with Gasteiger partial charge in [-0.1, -0.05) is 79.7 Å². The average Bonchev–Trinajstić information content (AvgIpc) is 2.95. The van der Waals surface area contributed by atoms with E-state index in [1.54, 1.807) is 12.1 Å². The van der Waals surface area contributed by atoms with Gasteiger partial charge in [0.05, 0.1) is 5.92 Å². The lowest BCUT2D eigenvalue weighted by atomic mass is 9.90. The molecule has 1 saturated heterocycles. The lowest BCUT2D eigenvalue weighted by molar-refractivity contribution is -0.132. The molecular formula is C32H33FN4O. The predicted molar refractivity (Wildman–Crippen MR) is 149 cm³/mol. The van der Waals surface area contributed by atoms with E-state index in [0.29, 0.717) is 32.6 Å². The minimum absolute atomic E-state index is 0.121. The maximum absolute atomic E-state index is 13.9. The lowest BCUT2D eigenvalue weighted by Crippen LogP contribution is -2.50. The van der Waals surface area contributed by atoms with E-state index in [4.69, 9.17) is 9.97 Å². The van der Waals surface area contributed by atoms with Crippen molar-refractivity contribution < 1.29 is 9.18 Å². The summed E-state index contributed by atoms with van der Waals surface area (Å²) in [7, 11) is 0. The van der Waals surface area contributed by atoms with Gasteiger partial charge in [0.1, 0.15) is 17.5 Å². The maximum atomic E-state index is 13.9. The molecule has 5 rings (SSSR count). The average molecular weight is 509 g/mol. The number of hydrogen-bond acceptors (Lipinski definition) is 4. The molecule has 3 aromatic carbocycles. The minimum atomic E-state index is -0.333. The van der Waals surface area contributed by atoms with Crippen LogP contribution in [0.25, 0.3) is 0 Å². The van der Waals surface area contributed by atoms with Crippen LogP contribution in [0.5, 0.6) is 0 Å². The lowest BCUT2D eigenvalue weighted by Gasteiger charge is -2.38. The molecule has 0 radical (unpaired) electrons. The first kappa shape index (κ1) is 25.6. The molecule has 1 amide bonds. The molecule has 0 aliphatic carbocycles. The van der Waals surface area contributed by atoms with Gasteiger partial charge in [-0.15, -0.1) is 0 Å². The summed E-state index contributed by atoms with van der Waals surface area (Å²) in [5.41, 5.74) is 4.93. The molecule has 1 aliphatic heterocycles. The van der Waals surface area contributed by atoms with Crippen LogP contribution in [0.4, 0.5) is 10.2 Å². The zero-order valence-electron chi connectivity index (χ0n) is 22.0. The zero-order valence-corrected chi connectivity index (χ0v) is 22.0. The predicted octanol–water partition coefficient (Wildman–Crippen LogP) is 5.56. The molecule has 5 nitrogen and oxygen atoms in total. The van der Waals surface area contributed by atoms with Gasteiger partial charge >= 0.3 is 0 Å². The molecule has 194 valence electrons. The fourth-order valence-electron chi connectivity index (χ4n) is 5.31. The van der Waals surface area contributed by atoms with Crippen LogP contribution in [-0.4, -0.2) is 47.0 Å². The quantitative estimate of drug-likeness (QED) is 0.328. The maximum Gasteiger partial charge on any atom is 0.234 e. The molecule has 1 fully saturated rings. The molecule has 0 spiro atoms. The van der Waals surface area contributed by atoms with Gasteiger partial charge in [0.25, 0.3) is 0 Å². The number of halogens is 1. The number of anilines is 1. The minimum Gasteiger partial charge on any atom is -0.353 e. The number of rotatable bonds is 7. The van der Waals surface area contributed by atoms with Crippen molar-refractivity contribution in [3.05, 3.63) is 125 Å². The van der Waals surface area contributed by atoms with E-state index in [9.17, 15) is 9.18 Å². The number of nitrogens with zero attached hydrogens (tertiary/aromatic N) is 4. The number of aromatic nitrogens is 2. The van der Waals surface area contributed by atoms with E-state index < -0.39 is 0 Å². The summed E-state index contributed by atoms with van der Waals surface area (Å²) in [6, 6.07) is 26.7. The summed E-state index contributed by atoms with van der Waals surface area (Å²) >= 11 is 0. The fourth-order valence-corrected chi connectivity index (χ4v) is 5.31. The summed E-state index contributed by atoms with van der Waals surface area (Å²) in [5, 5.41) is 0. The van der Waals surface area contributed by atoms with Crippen LogP contribution in [-0.2, 0) is 17.6 Å². The SMILES string of the molecule is CCc1nc(C)nc(N2CCN(C(=O)C(c3ccccc3)c3ccccc3)CC2)c1Cc1cccc(F)c1. The van der Waals surface area contributed by atoms with Crippen LogP contribution >= 0.6 is 0 Å². The van der Waals surface area contributed by atoms with Crippen LogP contribution in [0, 0.1) is 12.7 Å². The van der Waals surface area contributed by atoms with Crippen LogP contribution in [0.1, 0.15) is 46.6 Å². The van der Waals surface area contributed by atoms with Gasteiger partial charge in [0, 0.05) is 43.9 Å². The summed E-state index contributed by atoms with van der Waals surface area (Å²) in [4.78, 5) is 27.7. The molecule has 0 bridgehead atoms. The number of carbonyl (C=O) groups is 1. The van der Waals surface area contributed by atoms with Gasteiger partial charge in [-0.2, -0.15) is 0 Å². The Kier molecular flexibility index (Phi) is 7.78. The van der Waals surface area contributed by atoms with Crippen molar-refractivity contribution in [3.8, 4) is 0 Å². The van der Waals surface area contributed by atoms with E-state index in [2.05, 4.69) is 11.8 Å². The van der Waals surface area contributed by atoms with E-state index >= 15 is 0 Å². The third-order valence-corrected chi connectivity index (χ3v) is 7.19. The number of carbonyl (C=O) groups excluding carboxylic acids is 1. The molecule has 0 atom stereocenters. The highest BCUT2D eigenvalue weighted by molar-refractivity contribution is 5.87. The highest BCUT2D eigenvalue weighted by Gasteiger charge is 2.31. The molecule has 2 heterocycles. The Labute approximate surface area is 224 Å². The Morgan fingerprint density at radius 3 is 2.08 bits per heavy atom. The third kappa shape index (κ3) is 5.59. The summed E-state index contributed by atoms with van der Waals surface area (Å²) in [6.07, 6.45) is 1.34. The van der Waals surface area contributed by atoms with Crippen LogP contribution < -0.4 is 4.90 Å². The number of benzene rings is 3. The Morgan fingerprint density at radius 1 is 0.868 bits per heavy atom. The van der Waals surface area contributed by atoms with E-state index in [1.165, 1.54) is 6.07 Å². The smallest absolute Gasteiger partial charge is 0.234 e. The van der Waals surface area contributed by atoms with Crippen LogP contribution in [0.15, 0.2) is 84.9 Å². The first-order valence-electron chi connectivity index (χ1n) is 13.3. The van der Waals surface area contributed by atoms with Crippen molar-refractivity contribution in [2.45, 2.75) is 32.6 Å². The van der Waals surface area contributed by atoms with Gasteiger partial charge in [-0.05, 0) is 42.2 Å². The van der Waals surface area contributed by atoms with Gasteiger partial charge in [-0.3, -0.25) is 4.79 Å². The third-order valence-electron chi connectivity index (χ3n) is 7.19.